The Morgan fingerprint density at radius 3 is 3.11 bits per heavy atom. The molecule has 0 spiro atoms. The van der Waals surface area contributed by atoms with Crippen LogP contribution in [0.25, 0.3) is 5.65 Å². The Kier molecular flexibility index (Phi) is 3.33. The summed E-state index contributed by atoms with van der Waals surface area (Å²) in [5, 5.41) is 9.45. The van der Waals surface area contributed by atoms with Gasteiger partial charge >= 0.3 is 5.69 Å². The van der Waals surface area contributed by atoms with E-state index >= 15 is 0 Å². The number of anilines is 1. The van der Waals surface area contributed by atoms with Crippen LogP contribution in [-0.4, -0.2) is 25.6 Å². The van der Waals surface area contributed by atoms with Gasteiger partial charge in [0, 0.05) is 6.07 Å². The smallest absolute Gasteiger partial charge is 0.349 e. The topological polar surface area (TPSA) is 75.1 Å². The predicted molar refractivity (Wildman–Crippen MR) is 69.5 cm³/mol. The van der Waals surface area contributed by atoms with Crippen molar-refractivity contribution >= 4 is 11.5 Å². The summed E-state index contributed by atoms with van der Waals surface area (Å²) in [7, 11) is 0. The Labute approximate surface area is 104 Å². The number of nitrogens with zero attached hydrogens (tertiary/aromatic N) is 3. The van der Waals surface area contributed by atoms with Crippen molar-refractivity contribution < 1.29 is 0 Å². The lowest BCUT2D eigenvalue weighted by molar-refractivity contribution is 0.750. The van der Waals surface area contributed by atoms with Crippen molar-refractivity contribution in [2.75, 3.05) is 5.32 Å². The van der Waals surface area contributed by atoms with Crippen LogP contribution in [0.2, 0.25) is 0 Å². The number of terminal acetylenes is 1. The maximum atomic E-state index is 11.4. The minimum Gasteiger partial charge on any atom is -0.356 e. The average Bonchev–Trinajstić information content (AvgIpc) is 2.71. The van der Waals surface area contributed by atoms with Crippen molar-refractivity contribution in [1.29, 1.82) is 0 Å². The highest BCUT2D eigenvalue weighted by Gasteiger charge is 2.09. The van der Waals surface area contributed by atoms with Gasteiger partial charge in [0.25, 0.3) is 0 Å². The van der Waals surface area contributed by atoms with Gasteiger partial charge in [0.1, 0.15) is 11.6 Å². The number of H-pyrrole nitrogens is 1. The minimum atomic E-state index is -0.288. The number of hydrogen-bond acceptors (Lipinski definition) is 4. The van der Waals surface area contributed by atoms with Crippen molar-refractivity contribution in [2.45, 2.75) is 32.7 Å². The van der Waals surface area contributed by atoms with Crippen molar-refractivity contribution in [2.24, 2.45) is 0 Å². The fourth-order valence-corrected chi connectivity index (χ4v) is 1.84. The van der Waals surface area contributed by atoms with Crippen LogP contribution in [0.3, 0.4) is 0 Å². The lowest BCUT2D eigenvalue weighted by atomic mass is 10.2. The fourth-order valence-electron chi connectivity index (χ4n) is 1.84. The number of aromatic amines is 1. The number of nitrogens with one attached hydrogen (secondary N) is 2. The number of hydrogen-bond donors (Lipinski definition) is 2. The molecule has 6 nitrogen and oxygen atoms in total. The van der Waals surface area contributed by atoms with Crippen LogP contribution in [0.15, 0.2) is 10.9 Å². The molecule has 0 aliphatic rings. The Balaban J connectivity index is 2.35. The maximum Gasteiger partial charge on any atom is 0.349 e. The van der Waals surface area contributed by atoms with Crippen molar-refractivity contribution in [1.82, 2.24) is 19.6 Å². The van der Waals surface area contributed by atoms with E-state index in [1.807, 2.05) is 0 Å². The second-order valence-corrected chi connectivity index (χ2v) is 4.06. The van der Waals surface area contributed by atoms with Crippen LogP contribution in [0.1, 0.15) is 25.6 Å². The average molecular weight is 245 g/mol. The van der Waals surface area contributed by atoms with E-state index in [0.717, 1.165) is 12.8 Å². The molecule has 0 aliphatic heterocycles. The van der Waals surface area contributed by atoms with Crippen molar-refractivity contribution in [3.63, 3.8) is 0 Å². The van der Waals surface area contributed by atoms with Crippen LogP contribution in [0, 0.1) is 19.3 Å². The van der Waals surface area contributed by atoms with E-state index in [4.69, 9.17) is 6.42 Å². The molecule has 0 bridgehead atoms. The SMILES string of the molecule is C#CC(CCC)Nc1cc2n[nH]c(=O)n2c(C)n1. The Bertz CT molecular complexity index is 649. The molecule has 1 atom stereocenters. The van der Waals surface area contributed by atoms with E-state index in [2.05, 4.69) is 33.3 Å². The van der Waals surface area contributed by atoms with Crippen molar-refractivity contribution in [3.05, 3.63) is 22.4 Å². The molecule has 0 fully saturated rings. The molecule has 6 heteroatoms. The highest BCUT2D eigenvalue weighted by molar-refractivity contribution is 5.50. The van der Waals surface area contributed by atoms with Crippen LogP contribution >= 0.6 is 0 Å². The summed E-state index contributed by atoms with van der Waals surface area (Å²) in [6.07, 6.45) is 7.31. The van der Waals surface area contributed by atoms with Gasteiger partial charge in [0.15, 0.2) is 5.65 Å². The molecule has 2 N–H and O–H groups in total. The van der Waals surface area contributed by atoms with Crippen LogP contribution < -0.4 is 11.0 Å². The third-order valence-electron chi connectivity index (χ3n) is 2.67. The molecule has 94 valence electrons. The van der Waals surface area contributed by atoms with Gasteiger partial charge in [-0.1, -0.05) is 19.3 Å². The second kappa shape index (κ2) is 4.92. The number of rotatable bonds is 4. The first-order valence-electron chi connectivity index (χ1n) is 5.83. The zero-order valence-electron chi connectivity index (χ0n) is 10.4. The highest BCUT2D eigenvalue weighted by atomic mass is 16.1. The van der Waals surface area contributed by atoms with Gasteiger partial charge in [-0.05, 0) is 13.3 Å². The molecule has 2 aromatic heterocycles. The first-order valence-corrected chi connectivity index (χ1v) is 5.83. The van der Waals surface area contributed by atoms with Gasteiger partial charge in [0.05, 0.1) is 6.04 Å². The van der Waals surface area contributed by atoms with E-state index in [9.17, 15) is 4.79 Å². The predicted octanol–water partition coefficient (Wildman–Crippen LogP) is 0.940. The van der Waals surface area contributed by atoms with E-state index in [1.165, 1.54) is 4.40 Å². The monoisotopic (exact) mass is 245 g/mol. The molecule has 0 aliphatic carbocycles. The third-order valence-corrected chi connectivity index (χ3v) is 2.67. The first-order chi connectivity index (χ1) is 8.65. The quantitative estimate of drug-likeness (QED) is 0.786. The largest absolute Gasteiger partial charge is 0.356 e. The molecule has 0 amide bonds. The van der Waals surface area contributed by atoms with Gasteiger partial charge in [-0.15, -0.1) is 6.42 Å². The summed E-state index contributed by atoms with van der Waals surface area (Å²) in [4.78, 5) is 15.7. The number of fused-ring (bicyclic) bond motifs is 1. The van der Waals surface area contributed by atoms with Crippen molar-refractivity contribution in [3.8, 4) is 12.3 Å². The van der Waals surface area contributed by atoms with Crippen LogP contribution in [0.4, 0.5) is 5.82 Å². The number of aryl methyl sites for hydroxylation is 1. The van der Waals surface area contributed by atoms with Crippen LogP contribution in [0.5, 0.6) is 0 Å². The zero-order chi connectivity index (χ0) is 13.1. The molecular formula is C12H15N5O. The molecule has 1 unspecified atom stereocenters. The van der Waals surface area contributed by atoms with E-state index in [1.54, 1.807) is 13.0 Å². The maximum absolute atomic E-state index is 11.4. The summed E-state index contributed by atoms with van der Waals surface area (Å²) >= 11 is 0. The summed E-state index contributed by atoms with van der Waals surface area (Å²) in [5.74, 6) is 3.88. The van der Waals surface area contributed by atoms with Gasteiger partial charge in [-0.3, -0.25) is 0 Å². The Morgan fingerprint density at radius 1 is 1.67 bits per heavy atom. The fraction of sp³-hybridized carbons (Fsp3) is 0.417. The summed E-state index contributed by atoms with van der Waals surface area (Å²) in [6, 6.07) is 1.64. The Hall–Kier alpha value is -2.29. The third kappa shape index (κ3) is 2.20. The van der Waals surface area contributed by atoms with Gasteiger partial charge in [-0.2, -0.15) is 5.10 Å². The van der Waals surface area contributed by atoms with Gasteiger partial charge in [0.2, 0.25) is 0 Å². The van der Waals surface area contributed by atoms with E-state index in [0.29, 0.717) is 17.3 Å². The molecule has 0 aromatic carbocycles. The van der Waals surface area contributed by atoms with Gasteiger partial charge < -0.3 is 5.32 Å². The van der Waals surface area contributed by atoms with Crippen LogP contribution in [-0.2, 0) is 0 Å². The normalized spacial score (nSPS) is 12.3. The number of aromatic nitrogens is 4. The Morgan fingerprint density at radius 2 is 2.44 bits per heavy atom. The summed E-state index contributed by atoms with van der Waals surface area (Å²) in [6.45, 7) is 3.82. The highest BCUT2D eigenvalue weighted by Crippen LogP contribution is 2.10. The summed E-state index contributed by atoms with van der Waals surface area (Å²) in [5.41, 5.74) is 0.242. The molecule has 18 heavy (non-hydrogen) atoms. The molecule has 2 heterocycles. The lowest BCUT2D eigenvalue weighted by Gasteiger charge is -2.13. The van der Waals surface area contributed by atoms with E-state index < -0.39 is 0 Å². The molecular weight excluding hydrogens is 230 g/mol. The molecule has 2 aromatic rings. The molecule has 2 rings (SSSR count). The molecule has 0 saturated carbocycles. The lowest BCUT2D eigenvalue weighted by Crippen LogP contribution is -2.19. The minimum absolute atomic E-state index is 0.0602. The van der Waals surface area contributed by atoms with E-state index in [-0.39, 0.29) is 11.7 Å². The standard InChI is InChI=1S/C12H15N5O/c1-4-6-9(5-2)14-10-7-11-15-16-12(18)17(11)8(3)13-10/h2,7,9,14H,4,6H2,1,3H3,(H,16,18). The molecule has 0 saturated heterocycles. The zero-order valence-corrected chi connectivity index (χ0v) is 10.4. The second-order valence-electron chi connectivity index (χ2n) is 4.06. The summed E-state index contributed by atoms with van der Waals surface area (Å²) < 4.78 is 1.41. The molecule has 0 radical (unpaired) electrons. The first kappa shape index (κ1) is 12.2. The van der Waals surface area contributed by atoms with Gasteiger partial charge in [-0.25, -0.2) is 19.3 Å².